The topological polar surface area (TPSA) is 43.4 Å². The van der Waals surface area contributed by atoms with Gasteiger partial charge in [-0.1, -0.05) is 37.1 Å². The number of benzene rings is 1. The minimum absolute atomic E-state index is 0.272. The quantitative estimate of drug-likeness (QED) is 0.529. The number of carbonyl (C=O) groups is 2. The first kappa shape index (κ1) is 11.2. The molecule has 19 heavy (non-hydrogen) atoms. The lowest BCUT2D eigenvalue weighted by Gasteiger charge is -2.48. The number of aryl methyl sites for hydroxylation is 1. The highest BCUT2D eigenvalue weighted by Crippen LogP contribution is 2.62. The fourth-order valence-electron chi connectivity index (χ4n) is 4.56. The van der Waals surface area contributed by atoms with Crippen molar-refractivity contribution in [3.8, 4) is 0 Å². The van der Waals surface area contributed by atoms with Crippen LogP contribution in [-0.4, -0.2) is 11.9 Å². The second-order valence-electron chi connectivity index (χ2n) is 6.03. The molecule has 1 aromatic carbocycles. The van der Waals surface area contributed by atoms with E-state index in [1.807, 2.05) is 18.2 Å². The smallest absolute Gasteiger partial charge is 0.325 e. The second kappa shape index (κ2) is 3.47. The van der Waals surface area contributed by atoms with E-state index in [1.165, 1.54) is 5.56 Å². The summed E-state index contributed by atoms with van der Waals surface area (Å²) in [6.45, 7) is 0. The third-order valence-electron chi connectivity index (χ3n) is 5.45. The largest absolute Gasteiger partial charge is 0.392 e. The van der Waals surface area contributed by atoms with Gasteiger partial charge in [0.05, 0.1) is 5.41 Å². The summed E-state index contributed by atoms with van der Waals surface area (Å²) in [6, 6.07) is 8.08. The number of carbonyl (C=O) groups excluding carboxylic acids is 2. The van der Waals surface area contributed by atoms with E-state index in [-0.39, 0.29) is 11.9 Å². The number of fused-ring (bicyclic) bond motifs is 1. The minimum Gasteiger partial charge on any atom is -0.392 e. The predicted octanol–water partition coefficient (Wildman–Crippen LogP) is 2.51. The number of hydrogen-bond donors (Lipinski definition) is 0. The molecule has 1 saturated carbocycles. The van der Waals surface area contributed by atoms with Crippen LogP contribution in [0.3, 0.4) is 0 Å². The molecule has 0 unspecified atom stereocenters. The number of ether oxygens (including phenoxy) is 1. The van der Waals surface area contributed by atoms with Crippen LogP contribution in [0.5, 0.6) is 0 Å². The average molecular weight is 256 g/mol. The molecule has 2 fully saturated rings. The van der Waals surface area contributed by atoms with Gasteiger partial charge in [0, 0.05) is 0 Å². The lowest BCUT2D eigenvalue weighted by molar-refractivity contribution is -0.155. The van der Waals surface area contributed by atoms with Crippen molar-refractivity contribution in [1.82, 2.24) is 0 Å². The normalized spacial score (nSPS) is 36.2. The van der Waals surface area contributed by atoms with Gasteiger partial charge in [0.2, 0.25) is 0 Å². The Hall–Kier alpha value is -1.64. The zero-order valence-corrected chi connectivity index (χ0v) is 10.8. The summed E-state index contributed by atoms with van der Waals surface area (Å²) in [5.74, 6) is -0.573. The zero-order valence-electron chi connectivity index (χ0n) is 10.8. The zero-order chi connectivity index (χ0) is 13.1. The van der Waals surface area contributed by atoms with Crippen molar-refractivity contribution in [2.45, 2.75) is 43.9 Å². The summed E-state index contributed by atoms with van der Waals surface area (Å²) in [7, 11) is 0. The third-order valence-corrected chi connectivity index (χ3v) is 5.45. The van der Waals surface area contributed by atoms with Crippen LogP contribution in [-0.2, 0) is 26.2 Å². The Kier molecular flexibility index (Phi) is 2.05. The maximum Gasteiger partial charge on any atom is 0.325 e. The average Bonchev–Trinajstić information content (AvgIpc) is 2.69. The van der Waals surface area contributed by atoms with Crippen LogP contribution < -0.4 is 0 Å². The minimum atomic E-state index is -0.683. The Balaban J connectivity index is 2.04. The van der Waals surface area contributed by atoms with Gasteiger partial charge in [0.1, 0.15) is 5.41 Å². The van der Waals surface area contributed by atoms with E-state index in [9.17, 15) is 9.59 Å². The van der Waals surface area contributed by atoms with E-state index < -0.39 is 10.8 Å². The predicted molar refractivity (Wildman–Crippen MR) is 68.4 cm³/mol. The Bertz CT molecular complexity index is 591. The van der Waals surface area contributed by atoms with Crippen molar-refractivity contribution in [2.75, 3.05) is 0 Å². The van der Waals surface area contributed by atoms with Gasteiger partial charge in [-0.15, -0.1) is 0 Å². The Morgan fingerprint density at radius 1 is 0.947 bits per heavy atom. The summed E-state index contributed by atoms with van der Waals surface area (Å²) in [5.41, 5.74) is 1.01. The maximum absolute atomic E-state index is 12.5. The molecule has 0 radical (unpaired) electrons. The highest BCUT2D eigenvalue weighted by Gasteiger charge is 2.70. The molecule has 2 atom stereocenters. The molecule has 98 valence electrons. The summed E-state index contributed by atoms with van der Waals surface area (Å²) in [6.07, 6.45) is 5.21. The highest BCUT2D eigenvalue weighted by atomic mass is 16.6. The van der Waals surface area contributed by atoms with Crippen LogP contribution in [0.15, 0.2) is 24.3 Å². The van der Waals surface area contributed by atoms with Gasteiger partial charge in [-0.2, -0.15) is 0 Å². The molecule has 1 saturated heterocycles. The Morgan fingerprint density at radius 3 is 2.63 bits per heavy atom. The van der Waals surface area contributed by atoms with Crippen molar-refractivity contribution in [3.63, 3.8) is 0 Å². The second-order valence-corrected chi connectivity index (χ2v) is 6.03. The third kappa shape index (κ3) is 1.10. The number of rotatable bonds is 0. The monoisotopic (exact) mass is 256 g/mol. The first-order chi connectivity index (χ1) is 9.21. The summed E-state index contributed by atoms with van der Waals surface area (Å²) in [5, 5.41) is 0. The Labute approximate surface area is 111 Å². The lowest BCUT2D eigenvalue weighted by atomic mass is 9.49. The molecule has 0 amide bonds. The number of hydrogen-bond acceptors (Lipinski definition) is 3. The molecule has 1 aliphatic heterocycles. The van der Waals surface area contributed by atoms with E-state index in [0.29, 0.717) is 0 Å². The molecule has 3 nitrogen and oxygen atoms in total. The van der Waals surface area contributed by atoms with Gasteiger partial charge in [-0.05, 0) is 36.8 Å². The van der Waals surface area contributed by atoms with E-state index in [1.54, 1.807) is 0 Å². The van der Waals surface area contributed by atoms with Crippen molar-refractivity contribution < 1.29 is 14.3 Å². The van der Waals surface area contributed by atoms with Gasteiger partial charge in [0.25, 0.3) is 0 Å². The molecule has 4 rings (SSSR count). The molecule has 3 heteroatoms. The molecule has 3 aliphatic rings. The molecule has 0 aromatic heterocycles. The Morgan fingerprint density at radius 2 is 1.74 bits per heavy atom. The van der Waals surface area contributed by atoms with Crippen molar-refractivity contribution in [2.24, 2.45) is 5.41 Å². The molecule has 2 aliphatic carbocycles. The van der Waals surface area contributed by atoms with Gasteiger partial charge in [-0.25, -0.2) is 0 Å². The highest BCUT2D eigenvalue weighted by molar-refractivity contribution is 6.06. The lowest BCUT2D eigenvalue weighted by Crippen LogP contribution is -2.53. The standard InChI is InChI=1S/C16H16O3/c17-13-15-8-3-4-9-16(15,14(18)19-13)12-6-2-1-5-11(12)7-10-15/h1-2,5-6H,3-4,7-10H2/t15-,16+/m0/s1. The van der Waals surface area contributed by atoms with Crippen LogP contribution in [0.25, 0.3) is 0 Å². The van der Waals surface area contributed by atoms with Gasteiger partial charge < -0.3 is 4.74 Å². The van der Waals surface area contributed by atoms with Crippen LogP contribution >= 0.6 is 0 Å². The summed E-state index contributed by atoms with van der Waals surface area (Å²) >= 11 is 0. The van der Waals surface area contributed by atoms with E-state index in [0.717, 1.165) is 44.1 Å². The summed E-state index contributed by atoms with van der Waals surface area (Å²) < 4.78 is 5.12. The van der Waals surface area contributed by atoms with Crippen molar-refractivity contribution in [3.05, 3.63) is 35.4 Å². The first-order valence-corrected chi connectivity index (χ1v) is 7.06. The van der Waals surface area contributed by atoms with Crippen LogP contribution in [0.1, 0.15) is 43.2 Å². The molecule has 0 bridgehead atoms. The van der Waals surface area contributed by atoms with Crippen molar-refractivity contribution >= 4 is 11.9 Å². The summed E-state index contributed by atoms with van der Waals surface area (Å²) in [4.78, 5) is 24.8. The van der Waals surface area contributed by atoms with Crippen LogP contribution in [0.4, 0.5) is 0 Å². The SMILES string of the molecule is O=C1OC(=O)[C@]23CCCC[C@]12CCc1ccccc13. The molecule has 1 aromatic rings. The van der Waals surface area contributed by atoms with Crippen molar-refractivity contribution in [1.29, 1.82) is 0 Å². The molecular weight excluding hydrogens is 240 g/mol. The van der Waals surface area contributed by atoms with E-state index in [4.69, 9.17) is 4.74 Å². The van der Waals surface area contributed by atoms with E-state index >= 15 is 0 Å². The number of cyclic esters (lactones) is 2. The molecular formula is C16H16O3. The maximum atomic E-state index is 12.5. The van der Waals surface area contributed by atoms with Gasteiger partial charge >= 0.3 is 11.9 Å². The molecule has 0 N–H and O–H groups in total. The molecule has 1 heterocycles. The van der Waals surface area contributed by atoms with Gasteiger partial charge in [0.15, 0.2) is 0 Å². The van der Waals surface area contributed by atoms with Gasteiger partial charge in [-0.3, -0.25) is 9.59 Å². The fourth-order valence-corrected chi connectivity index (χ4v) is 4.56. The van der Waals surface area contributed by atoms with Crippen LogP contribution in [0.2, 0.25) is 0 Å². The van der Waals surface area contributed by atoms with Crippen LogP contribution in [0, 0.1) is 5.41 Å². The first-order valence-electron chi connectivity index (χ1n) is 7.06. The van der Waals surface area contributed by atoms with E-state index in [2.05, 4.69) is 6.07 Å². The molecule has 0 spiro atoms. The fraction of sp³-hybridized carbons (Fsp3) is 0.500. The number of esters is 2.